The van der Waals surface area contributed by atoms with Crippen LogP contribution in [0.4, 0.5) is 11.4 Å². The highest BCUT2D eigenvalue weighted by Gasteiger charge is 2.36. The van der Waals surface area contributed by atoms with Crippen molar-refractivity contribution >= 4 is 29.2 Å². The Morgan fingerprint density at radius 2 is 1.73 bits per heavy atom. The minimum atomic E-state index is -0.629. The van der Waals surface area contributed by atoms with Crippen LogP contribution in [0.5, 0.6) is 11.5 Å². The van der Waals surface area contributed by atoms with Crippen LogP contribution >= 0.6 is 0 Å². The molecule has 3 aromatic carbocycles. The van der Waals surface area contributed by atoms with E-state index in [2.05, 4.69) is 31.3 Å². The summed E-state index contributed by atoms with van der Waals surface area (Å²) in [6.45, 7) is 7.99. The predicted molar refractivity (Wildman–Crippen MR) is 143 cm³/mol. The molecule has 1 atom stereocenters. The highest BCUT2D eigenvalue weighted by molar-refractivity contribution is 6.00. The van der Waals surface area contributed by atoms with Crippen molar-refractivity contribution in [2.75, 3.05) is 23.4 Å². The van der Waals surface area contributed by atoms with E-state index in [4.69, 9.17) is 9.47 Å². The van der Waals surface area contributed by atoms with Gasteiger partial charge in [0.1, 0.15) is 11.5 Å². The van der Waals surface area contributed by atoms with Gasteiger partial charge in [-0.2, -0.15) is 0 Å². The standard InChI is InChI=1S/C30H32N2O5/c1-19(2)26-13-8-21(4)15-27(26)37-25-11-9-24(10-12-25)32-17-22(16-29(32)34)30(35)36-18-28(33)31-23-7-5-6-20(3)14-23/h5-15,19,22H,16-18H2,1-4H3,(H,31,33)/t22-/m0/s1. The Hall–Kier alpha value is -4.13. The Kier molecular flexibility index (Phi) is 7.92. The van der Waals surface area contributed by atoms with Gasteiger partial charge in [0.15, 0.2) is 6.61 Å². The van der Waals surface area contributed by atoms with Crippen LogP contribution in [0.15, 0.2) is 66.7 Å². The quantitative estimate of drug-likeness (QED) is 0.398. The molecule has 1 aliphatic rings. The van der Waals surface area contributed by atoms with Gasteiger partial charge in [0.25, 0.3) is 5.91 Å². The molecule has 1 N–H and O–H groups in total. The zero-order chi connectivity index (χ0) is 26.5. The first kappa shape index (κ1) is 25.9. The van der Waals surface area contributed by atoms with Crippen LogP contribution in [0.2, 0.25) is 0 Å². The summed E-state index contributed by atoms with van der Waals surface area (Å²) in [5, 5.41) is 2.70. The molecule has 0 aliphatic carbocycles. The Bertz CT molecular complexity index is 1300. The Labute approximate surface area is 217 Å². The van der Waals surface area contributed by atoms with Crippen LogP contribution in [0.3, 0.4) is 0 Å². The van der Waals surface area contributed by atoms with Crippen LogP contribution in [0.1, 0.15) is 42.9 Å². The average Bonchev–Trinajstić information content (AvgIpc) is 3.24. The molecule has 7 heteroatoms. The van der Waals surface area contributed by atoms with E-state index in [-0.39, 0.29) is 18.9 Å². The summed E-state index contributed by atoms with van der Waals surface area (Å²) in [5.74, 6) is 0.0210. The van der Waals surface area contributed by atoms with Crippen LogP contribution < -0.4 is 15.0 Å². The first-order chi connectivity index (χ1) is 17.7. The molecule has 1 saturated heterocycles. The lowest BCUT2D eigenvalue weighted by Crippen LogP contribution is -2.28. The molecule has 37 heavy (non-hydrogen) atoms. The molecule has 0 unspecified atom stereocenters. The van der Waals surface area contributed by atoms with Gasteiger partial charge in [0.05, 0.1) is 5.92 Å². The minimum absolute atomic E-state index is 0.0393. The second kappa shape index (κ2) is 11.3. The van der Waals surface area contributed by atoms with Crippen molar-refractivity contribution in [1.82, 2.24) is 0 Å². The van der Waals surface area contributed by atoms with E-state index in [0.29, 0.717) is 23.0 Å². The Morgan fingerprint density at radius 3 is 2.43 bits per heavy atom. The van der Waals surface area contributed by atoms with Crippen molar-refractivity contribution in [2.45, 2.75) is 40.0 Å². The van der Waals surface area contributed by atoms with E-state index in [1.54, 1.807) is 23.1 Å². The molecule has 192 valence electrons. The number of nitrogens with zero attached hydrogens (tertiary/aromatic N) is 1. The van der Waals surface area contributed by atoms with Gasteiger partial charge in [-0.05, 0) is 78.9 Å². The fourth-order valence-corrected chi connectivity index (χ4v) is 4.32. The van der Waals surface area contributed by atoms with Crippen LogP contribution in [-0.4, -0.2) is 30.9 Å². The van der Waals surface area contributed by atoms with Crippen molar-refractivity contribution in [3.63, 3.8) is 0 Å². The highest BCUT2D eigenvalue weighted by atomic mass is 16.5. The number of hydrogen-bond donors (Lipinski definition) is 1. The molecule has 0 saturated carbocycles. The number of esters is 1. The summed E-state index contributed by atoms with van der Waals surface area (Å²) in [5.41, 5.74) is 4.56. The molecular formula is C30H32N2O5. The summed E-state index contributed by atoms with van der Waals surface area (Å²) in [4.78, 5) is 38.9. The lowest BCUT2D eigenvalue weighted by atomic mass is 10.0. The van der Waals surface area contributed by atoms with Crippen molar-refractivity contribution < 1.29 is 23.9 Å². The van der Waals surface area contributed by atoms with E-state index in [0.717, 1.165) is 22.4 Å². The summed E-state index contributed by atoms with van der Waals surface area (Å²) in [6.07, 6.45) is 0.0393. The van der Waals surface area contributed by atoms with Gasteiger partial charge in [0, 0.05) is 24.3 Å². The third-order valence-corrected chi connectivity index (χ3v) is 6.27. The van der Waals surface area contributed by atoms with Gasteiger partial charge in [-0.25, -0.2) is 0 Å². The van der Waals surface area contributed by atoms with E-state index in [9.17, 15) is 14.4 Å². The molecule has 0 bridgehead atoms. The van der Waals surface area contributed by atoms with Gasteiger partial charge >= 0.3 is 5.97 Å². The molecule has 1 aliphatic heterocycles. The Morgan fingerprint density at radius 1 is 1.00 bits per heavy atom. The summed E-state index contributed by atoms with van der Waals surface area (Å²) in [7, 11) is 0. The van der Waals surface area contributed by atoms with Crippen LogP contribution in [0.25, 0.3) is 0 Å². The summed E-state index contributed by atoms with van der Waals surface area (Å²) in [6, 6.07) is 20.8. The van der Waals surface area contributed by atoms with Crippen molar-refractivity contribution in [2.24, 2.45) is 5.92 Å². The molecular weight excluding hydrogens is 468 g/mol. The van der Waals surface area contributed by atoms with E-state index in [1.165, 1.54) is 0 Å². The highest BCUT2D eigenvalue weighted by Crippen LogP contribution is 2.33. The van der Waals surface area contributed by atoms with Crippen molar-refractivity contribution in [1.29, 1.82) is 0 Å². The lowest BCUT2D eigenvalue weighted by Gasteiger charge is -2.18. The molecule has 2 amide bonds. The SMILES string of the molecule is Cc1cccc(NC(=O)COC(=O)[C@H]2CC(=O)N(c3ccc(Oc4cc(C)ccc4C(C)C)cc3)C2)c1. The molecule has 7 nitrogen and oxygen atoms in total. The van der Waals surface area contributed by atoms with E-state index < -0.39 is 24.4 Å². The monoisotopic (exact) mass is 500 g/mol. The van der Waals surface area contributed by atoms with Gasteiger partial charge < -0.3 is 19.7 Å². The van der Waals surface area contributed by atoms with Crippen LogP contribution in [0, 0.1) is 19.8 Å². The normalized spacial score (nSPS) is 15.1. The third-order valence-electron chi connectivity index (χ3n) is 6.27. The fraction of sp³-hybridized carbons (Fsp3) is 0.300. The first-order valence-electron chi connectivity index (χ1n) is 12.4. The maximum atomic E-state index is 12.6. The summed E-state index contributed by atoms with van der Waals surface area (Å²) < 4.78 is 11.3. The van der Waals surface area contributed by atoms with Crippen LogP contribution in [-0.2, 0) is 19.1 Å². The molecule has 1 fully saturated rings. The molecule has 3 aromatic rings. The number of nitrogens with one attached hydrogen (secondary N) is 1. The minimum Gasteiger partial charge on any atom is -0.457 e. The second-order valence-corrected chi connectivity index (χ2v) is 9.72. The van der Waals surface area contributed by atoms with Crippen molar-refractivity contribution in [3.05, 3.63) is 83.4 Å². The van der Waals surface area contributed by atoms with Gasteiger partial charge in [-0.3, -0.25) is 14.4 Å². The van der Waals surface area contributed by atoms with Crippen molar-refractivity contribution in [3.8, 4) is 11.5 Å². The number of benzene rings is 3. The number of carbonyl (C=O) groups is 3. The smallest absolute Gasteiger partial charge is 0.311 e. The average molecular weight is 501 g/mol. The number of carbonyl (C=O) groups excluding carboxylic acids is 3. The third kappa shape index (κ3) is 6.55. The molecule has 0 aromatic heterocycles. The zero-order valence-corrected chi connectivity index (χ0v) is 21.6. The van der Waals surface area contributed by atoms with Gasteiger partial charge in [-0.1, -0.05) is 38.1 Å². The second-order valence-electron chi connectivity index (χ2n) is 9.72. The number of hydrogen-bond acceptors (Lipinski definition) is 5. The number of ether oxygens (including phenoxy) is 2. The fourth-order valence-electron chi connectivity index (χ4n) is 4.32. The maximum absolute atomic E-state index is 12.6. The topological polar surface area (TPSA) is 84.9 Å². The van der Waals surface area contributed by atoms with E-state index >= 15 is 0 Å². The Balaban J connectivity index is 1.33. The zero-order valence-electron chi connectivity index (χ0n) is 21.6. The predicted octanol–water partition coefficient (Wildman–Crippen LogP) is 5.75. The van der Waals surface area contributed by atoms with Gasteiger partial charge in [0.2, 0.25) is 5.91 Å². The lowest BCUT2D eigenvalue weighted by molar-refractivity contribution is -0.151. The number of anilines is 2. The molecule has 0 spiro atoms. The van der Waals surface area contributed by atoms with E-state index in [1.807, 2.05) is 50.2 Å². The number of rotatable bonds is 8. The summed E-state index contributed by atoms with van der Waals surface area (Å²) >= 11 is 0. The molecule has 1 heterocycles. The largest absolute Gasteiger partial charge is 0.457 e. The molecule has 0 radical (unpaired) electrons. The number of aryl methyl sites for hydroxylation is 2. The first-order valence-corrected chi connectivity index (χ1v) is 12.4. The van der Waals surface area contributed by atoms with Gasteiger partial charge in [-0.15, -0.1) is 0 Å². The number of amides is 2. The maximum Gasteiger partial charge on any atom is 0.311 e. The molecule has 4 rings (SSSR count).